The molecule has 0 saturated heterocycles. The monoisotopic (exact) mass is 310 g/mol. The van der Waals surface area contributed by atoms with Crippen LogP contribution in [0.5, 0.6) is 5.88 Å². The van der Waals surface area contributed by atoms with Crippen LogP contribution in [0.2, 0.25) is 0 Å². The molecule has 5 nitrogen and oxygen atoms in total. The van der Waals surface area contributed by atoms with Crippen molar-refractivity contribution in [1.29, 1.82) is 0 Å². The smallest absolute Gasteiger partial charge is 0.335 e. The van der Waals surface area contributed by atoms with Crippen molar-refractivity contribution in [3.8, 4) is 11.6 Å². The Morgan fingerprint density at radius 3 is 2.56 bits per heavy atom. The van der Waals surface area contributed by atoms with Crippen molar-refractivity contribution >= 4 is 15.9 Å². The summed E-state index contributed by atoms with van der Waals surface area (Å²) in [5, 5.41) is 9.90. The summed E-state index contributed by atoms with van der Waals surface area (Å²) >= 11 is 3.36. The Morgan fingerprint density at radius 2 is 1.94 bits per heavy atom. The van der Waals surface area contributed by atoms with Crippen LogP contribution in [0.25, 0.3) is 5.69 Å². The summed E-state index contributed by atoms with van der Waals surface area (Å²) in [5.74, 6) is -0.342. The largest absolute Gasteiger partial charge is 0.494 e. The van der Waals surface area contributed by atoms with Crippen LogP contribution < -0.4 is 11.2 Å². The number of rotatable bonds is 1. The molecule has 18 heavy (non-hydrogen) atoms. The van der Waals surface area contributed by atoms with E-state index in [9.17, 15) is 14.7 Å². The van der Waals surface area contributed by atoms with Crippen molar-refractivity contribution in [3.63, 3.8) is 0 Å². The summed E-state index contributed by atoms with van der Waals surface area (Å²) in [7, 11) is 0. The molecular formula is C12H11BrN2O3. The third-order valence-electron chi connectivity index (χ3n) is 2.71. The van der Waals surface area contributed by atoms with Crippen LogP contribution in [0.15, 0.2) is 32.3 Å². The van der Waals surface area contributed by atoms with Gasteiger partial charge in [-0.05, 0) is 37.6 Å². The first-order chi connectivity index (χ1) is 8.41. The number of halogens is 1. The predicted molar refractivity (Wildman–Crippen MR) is 71.5 cm³/mol. The molecule has 0 spiro atoms. The fourth-order valence-electron chi connectivity index (χ4n) is 1.62. The third-order valence-corrected chi connectivity index (χ3v) is 3.60. The van der Waals surface area contributed by atoms with Crippen LogP contribution in [-0.4, -0.2) is 14.7 Å². The van der Waals surface area contributed by atoms with Gasteiger partial charge in [0.15, 0.2) is 0 Å². The first-order valence-electron chi connectivity index (χ1n) is 5.23. The Morgan fingerprint density at radius 1 is 1.28 bits per heavy atom. The molecule has 0 unspecified atom stereocenters. The first-order valence-corrected chi connectivity index (χ1v) is 6.02. The van der Waals surface area contributed by atoms with Crippen molar-refractivity contribution in [2.75, 3.05) is 0 Å². The Labute approximate surface area is 111 Å². The normalized spacial score (nSPS) is 10.6. The number of nitrogens with zero attached hydrogens (tertiary/aromatic N) is 1. The van der Waals surface area contributed by atoms with Crippen LogP contribution in [-0.2, 0) is 0 Å². The Kier molecular flexibility index (Phi) is 3.13. The molecule has 0 saturated carbocycles. The molecule has 1 aromatic carbocycles. The first kappa shape index (κ1) is 12.6. The number of hydrogen-bond donors (Lipinski definition) is 2. The lowest BCUT2D eigenvalue weighted by Crippen LogP contribution is -2.30. The molecule has 2 N–H and O–H groups in total. The fourth-order valence-corrected chi connectivity index (χ4v) is 1.87. The molecule has 0 fully saturated rings. The molecule has 6 heteroatoms. The summed E-state index contributed by atoms with van der Waals surface area (Å²) in [6.45, 7) is 3.32. The minimum absolute atomic E-state index is 0.107. The molecule has 0 aliphatic rings. The number of aryl methyl sites for hydroxylation is 1. The molecule has 0 atom stereocenters. The Bertz CT molecular complexity index is 731. The van der Waals surface area contributed by atoms with E-state index >= 15 is 0 Å². The summed E-state index contributed by atoms with van der Waals surface area (Å²) in [6.07, 6.45) is 0. The topological polar surface area (TPSA) is 75.1 Å². The predicted octanol–water partition coefficient (Wildman–Crippen LogP) is 1.61. The molecule has 0 aliphatic carbocycles. The summed E-state index contributed by atoms with van der Waals surface area (Å²) in [4.78, 5) is 25.2. The second-order valence-electron chi connectivity index (χ2n) is 3.98. The van der Waals surface area contributed by atoms with E-state index in [0.29, 0.717) is 5.69 Å². The third kappa shape index (κ3) is 1.99. The molecule has 1 heterocycles. The number of aromatic amines is 1. The van der Waals surface area contributed by atoms with Gasteiger partial charge >= 0.3 is 5.69 Å². The average molecular weight is 311 g/mol. The molecular weight excluding hydrogens is 300 g/mol. The lowest BCUT2D eigenvalue weighted by atomic mass is 10.2. The van der Waals surface area contributed by atoms with E-state index in [1.54, 1.807) is 18.2 Å². The van der Waals surface area contributed by atoms with Crippen LogP contribution in [0.3, 0.4) is 0 Å². The van der Waals surface area contributed by atoms with Crippen molar-refractivity contribution in [3.05, 3.63) is 54.6 Å². The highest BCUT2D eigenvalue weighted by molar-refractivity contribution is 9.10. The van der Waals surface area contributed by atoms with Crippen LogP contribution in [0.4, 0.5) is 0 Å². The lowest BCUT2D eigenvalue weighted by Gasteiger charge is -2.10. The molecule has 2 rings (SSSR count). The van der Waals surface area contributed by atoms with E-state index in [4.69, 9.17) is 0 Å². The van der Waals surface area contributed by atoms with Gasteiger partial charge in [0.2, 0.25) is 5.88 Å². The molecule has 94 valence electrons. The van der Waals surface area contributed by atoms with Gasteiger partial charge in [0, 0.05) is 4.47 Å². The maximum Gasteiger partial charge on any atom is 0.335 e. The molecule has 0 amide bonds. The molecule has 1 aromatic heterocycles. The Balaban J connectivity index is 2.79. The van der Waals surface area contributed by atoms with Gasteiger partial charge in [-0.2, -0.15) is 0 Å². The lowest BCUT2D eigenvalue weighted by molar-refractivity contribution is 0.426. The average Bonchev–Trinajstić information content (AvgIpc) is 2.31. The Hall–Kier alpha value is -1.82. The van der Waals surface area contributed by atoms with Gasteiger partial charge < -0.3 is 5.11 Å². The van der Waals surface area contributed by atoms with E-state index < -0.39 is 11.2 Å². The molecule has 0 radical (unpaired) electrons. The van der Waals surface area contributed by atoms with Gasteiger partial charge in [0.1, 0.15) is 0 Å². The molecule has 2 aromatic rings. The van der Waals surface area contributed by atoms with E-state index in [-0.39, 0.29) is 11.4 Å². The van der Waals surface area contributed by atoms with E-state index in [1.807, 2.05) is 6.92 Å². The van der Waals surface area contributed by atoms with Gasteiger partial charge in [0.25, 0.3) is 5.56 Å². The summed E-state index contributed by atoms with van der Waals surface area (Å²) in [5.41, 5.74) is 0.280. The maximum absolute atomic E-state index is 11.7. The number of nitrogens with one attached hydrogen (secondary N) is 1. The quantitative estimate of drug-likeness (QED) is 0.840. The van der Waals surface area contributed by atoms with Gasteiger partial charge in [-0.3, -0.25) is 9.78 Å². The summed E-state index contributed by atoms with van der Waals surface area (Å²) < 4.78 is 1.97. The summed E-state index contributed by atoms with van der Waals surface area (Å²) in [6, 6.07) is 5.19. The standard InChI is InChI=1S/C12H11BrN2O3/c1-6-5-8(3-4-9(6)13)15-11(17)7(2)10(16)14-12(15)18/h3-5,17H,1-2H3,(H,14,16,18). The molecule has 0 bridgehead atoms. The number of aromatic nitrogens is 2. The van der Waals surface area contributed by atoms with E-state index in [2.05, 4.69) is 20.9 Å². The zero-order chi connectivity index (χ0) is 13.4. The highest BCUT2D eigenvalue weighted by Crippen LogP contribution is 2.21. The number of hydrogen-bond acceptors (Lipinski definition) is 3. The maximum atomic E-state index is 11.7. The van der Waals surface area contributed by atoms with E-state index in [1.165, 1.54) is 6.92 Å². The fraction of sp³-hybridized carbons (Fsp3) is 0.167. The van der Waals surface area contributed by atoms with Crippen molar-refractivity contribution in [2.24, 2.45) is 0 Å². The highest BCUT2D eigenvalue weighted by atomic mass is 79.9. The van der Waals surface area contributed by atoms with Crippen molar-refractivity contribution in [1.82, 2.24) is 9.55 Å². The molecule has 0 aliphatic heterocycles. The SMILES string of the molecule is Cc1cc(-n2c(O)c(C)c(=O)[nH]c2=O)ccc1Br. The van der Waals surface area contributed by atoms with Gasteiger partial charge in [-0.25, -0.2) is 9.36 Å². The zero-order valence-corrected chi connectivity index (χ0v) is 11.4. The number of aromatic hydroxyl groups is 1. The van der Waals surface area contributed by atoms with Crippen LogP contribution in [0, 0.1) is 13.8 Å². The van der Waals surface area contributed by atoms with Crippen LogP contribution in [0.1, 0.15) is 11.1 Å². The second kappa shape index (κ2) is 4.45. The van der Waals surface area contributed by atoms with E-state index in [0.717, 1.165) is 14.6 Å². The van der Waals surface area contributed by atoms with Gasteiger partial charge in [-0.1, -0.05) is 15.9 Å². The highest BCUT2D eigenvalue weighted by Gasteiger charge is 2.12. The van der Waals surface area contributed by atoms with Crippen LogP contribution >= 0.6 is 15.9 Å². The minimum atomic E-state index is -0.662. The zero-order valence-electron chi connectivity index (χ0n) is 9.82. The number of benzene rings is 1. The second-order valence-corrected chi connectivity index (χ2v) is 4.83. The minimum Gasteiger partial charge on any atom is -0.494 e. The number of H-pyrrole nitrogens is 1. The van der Waals surface area contributed by atoms with Gasteiger partial charge in [0.05, 0.1) is 11.3 Å². The van der Waals surface area contributed by atoms with Gasteiger partial charge in [-0.15, -0.1) is 0 Å². The van der Waals surface area contributed by atoms with Crippen molar-refractivity contribution in [2.45, 2.75) is 13.8 Å². The van der Waals surface area contributed by atoms with Crippen molar-refractivity contribution < 1.29 is 5.11 Å².